The summed E-state index contributed by atoms with van der Waals surface area (Å²) >= 11 is 0. The van der Waals surface area contributed by atoms with Crippen LogP contribution in [0, 0.1) is 0 Å². The molecule has 0 heterocycles. The molecule has 0 spiro atoms. The number of rotatable bonds is 0. The fourth-order valence-electron chi connectivity index (χ4n) is 0. The largest absolute Gasteiger partial charge is 0 e. The molecule has 0 aliphatic heterocycles. The van der Waals surface area contributed by atoms with Crippen molar-refractivity contribution in [1.29, 1.82) is 0 Å². The predicted molar refractivity (Wildman–Crippen MR) is 5.75 cm³/mol. The first-order chi connectivity index (χ1) is 0. The molecular formula is AlCuNiZr. The molecular weight excluding hydrogens is 240 g/mol. The van der Waals surface area contributed by atoms with Gasteiger partial charge in [-0.05, 0) is 0 Å². The number of hydrogen-bond acceptors (Lipinski definition) is 0. The van der Waals surface area contributed by atoms with Crippen LogP contribution in [-0.2, 0) is 59.8 Å². The first-order valence-electron chi connectivity index (χ1n) is 0. The zero-order chi connectivity index (χ0) is 0. The van der Waals surface area contributed by atoms with Gasteiger partial charge < -0.3 is 0 Å². The first-order valence-corrected chi connectivity index (χ1v) is 0. The maximum absolute atomic E-state index is 0. The van der Waals surface area contributed by atoms with Crippen molar-refractivity contribution >= 4 is 17.4 Å². The first kappa shape index (κ1) is 32.1. The van der Waals surface area contributed by atoms with Crippen LogP contribution in [0.1, 0.15) is 0 Å². The van der Waals surface area contributed by atoms with Gasteiger partial charge in [-0.2, -0.15) is 0 Å². The Hall–Kier alpha value is 2.43. The van der Waals surface area contributed by atoms with Gasteiger partial charge >= 0.3 is 0 Å². The normalized spacial score (nSPS) is 0. The van der Waals surface area contributed by atoms with Crippen molar-refractivity contribution in [2.24, 2.45) is 0 Å². The molecule has 0 aromatic heterocycles. The third-order valence-corrected chi connectivity index (χ3v) is 0. The summed E-state index contributed by atoms with van der Waals surface area (Å²) in [5.74, 6) is 0. The van der Waals surface area contributed by atoms with E-state index >= 15 is 0 Å². The molecule has 0 nitrogen and oxygen atoms in total. The molecule has 0 saturated heterocycles. The SMILES string of the molecule is [Al].[Cu].[Ni].[Zr]. The molecule has 0 unspecified atom stereocenters. The second-order valence-electron chi connectivity index (χ2n) is 0. The van der Waals surface area contributed by atoms with Crippen molar-refractivity contribution in [3.63, 3.8) is 0 Å². The van der Waals surface area contributed by atoms with Crippen molar-refractivity contribution in [1.82, 2.24) is 0 Å². The van der Waals surface area contributed by atoms with E-state index in [0.717, 1.165) is 0 Å². The van der Waals surface area contributed by atoms with E-state index in [4.69, 9.17) is 0 Å². The Morgan fingerprint density at radius 3 is 1.00 bits per heavy atom. The van der Waals surface area contributed by atoms with Crippen molar-refractivity contribution in [3.05, 3.63) is 0 Å². The Morgan fingerprint density at radius 1 is 1.00 bits per heavy atom. The molecule has 0 fully saturated rings. The molecule has 0 aromatic rings. The van der Waals surface area contributed by atoms with Crippen LogP contribution in [0.5, 0.6) is 0 Å². The number of hydrogen-bond donors (Lipinski definition) is 0. The fraction of sp³-hybridized carbons (Fsp3) is 0. The Kier molecular flexibility index (Phi) is 145. The monoisotopic (exact) mass is 238 g/mol. The Bertz CT molecular complexity index is 8.00. The van der Waals surface area contributed by atoms with Gasteiger partial charge in [-0.15, -0.1) is 0 Å². The smallest absolute Gasteiger partial charge is 0 e. The van der Waals surface area contributed by atoms with Crippen LogP contribution in [0.25, 0.3) is 0 Å². The van der Waals surface area contributed by atoms with Crippen LogP contribution < -0.4 is 0 Å². The summed E-state index contributed by atoms with van der Waals surface area (Å²) in [4.78, 5) is 0. The van der Waals surface area contributed by atoms with Crippen molar-refractivity contribution in [3.8, 4) is 0 Å². The standard InChI is InChI=1S/Al.Cu.Ni.Zr. The molecule has 0 amide bonds. The molecule has 0 rings (SSSR count). The topological polar surface area (TPSA) is 0 Å². The van der Waals surface area contributed by atoms with E-state index in [2.05, 4.69) is 0 Å². The zero-order valence-corrected chi connectivity index (χ0v) is 7.24. The Morgan fingerprint density at radius 2 is 1.00 bits per heavy atom. The average Bonchev–Trinajstić information content (AvgIpc) is 0. The van der Waals surface area contributed by atoms with E-state index in [-0.39, 0.29) is 77.1 Å². The van der Waals surface area contributed by atoms with E-state index in [0.29, 0.717) is 0 Å². The summed E-state index contributed by atoms with van der Waals surface area (Å²) in [7, 11) is 0. The van der Waals surface area contributed by atoms with Crippen LogP contribution in [0.4, 0.5) is 0 Å². The van der Waals surface area contributed by atoms with Gasteiger partial charge in [0, 0.05) is 77.1 Å². The minimum atomic E-state index is 0. The van der Waals surface area contributed by atoms with Gasteiger partial charge in [0.05, 0.1) is 0 Å². The molecule has 0 bridgehead atoms. The van der Waals surface area contributed by atoms with Crippen molar-refractivity contribution in [2.45, 2.75) is 0 Å². The predicted octanol–water partition coefficient (Wildman–Crippen LogP) is -0.388. The molecule has 0 saturated carbocycles. The molecule has 0 aliphatic carbocycles. The van der Waals surface area contributed by atoms with Gasteiger partial charge in [0.15, 0.2) is 0 Å². The van der Waals surface area contributed by atoms with Crippen LogP contribution in [0.3, 0.4) is 0 Å². The average molecular weight is 240 g/mol. The molecule has 0 aromatic carbocycles. The van der Waals surface area contributed by atoms with Gasteiger partial charge in [-0.25, -0.2) is 0 Å². The van der Waals surface area contributed by atoms with Gasteiger partial charge in [0.1, 0.15) is 0 Å². The minimum Gasteiger partial charge on any atom is 0 e. The molecule has 4 heavy (non-hydrogen) atoms. The third kappa shape index (κ3) is 8.83. The van der Waals surface area contributed by atoms with Crippen LogP contribution in [0.15, 0.2) is 0 Å². The van der Waals surface area contributed by atoms with Gasteiger partial charge in [-0.1, -0.05) is 0 Å². The zero-order valence-electron chi connectivity index (χ0n) is 1.70. The van der Waals surface area contributed by atoms with E-state index in [1.54, 1.807) is 0 Å². The summed E-state index contributed by atoms with van der Waals surface area (Å²) in [5, 5.41) is 0. The summed E-state index contributed by atoms with van der Waals surface area (Å²) in [5.41, 5.74) is 0. The van der Waals surface area contributed by atoms with Crippen molar-refractivity contribution in [2.75, 3.05) is 0 Å². The molecule has 4 heteroatoms. The van der Waals surface area contributed by atoms with Gasteiger partial charge in [-0.3, -0.25) is 0 Å². The van der Waals surface area contributed by atoms with E-state index in [9.17, 15) is 0 Å². The summed E-state index contributed by atoms with van der Waals surface area (Å²) in [6.45, 7) is 0. The molecule has 4 radical (unpaired) electrons. The van der Waals surface area contributed by atoms with E-state index < -0.39 is 0 Å². The Labute approximate surface area is 76.1 Å². The molecule has 0 N–H and O–H groups in total. The maximum Gasteiger partial charge on any atom is 0 e. The van der Waals surface area contributed by atoms with Crippen molar-refractivity contribution < 1.29 is 59.8 Å². The summed E-state index contributed by atoms with van der Waals surface area (Å²) in [6, 6.07) is 0. The Balaban J connectivity index is 0. The van der Waals surface area contributed by atoms with Crippen LogP contribution >= 0.6 is 0 Å². The fourth-order valence-corrected chi connectivity index (χ4v) is 0. The summed E-state index contributed by atoms with van der Waals surface area (Å²) in [6.07, 6.45) is 0. The van der Waals surface area contributed by atoms with Gasteiger partial charge in [0.2, 0.25) is 0 Å². The van der Waals surface area contributed by atoms with Crippen LogP contribution in [0.2, 0.25) is 0 Å². The quantitative estimate of drug-likeness (QED) is 0.506. The van der Waals surface area contributed by atoms with Crippen LogP contribution in [-0.4, -0.2) is 17.4 Å². The molecule has 0 atom stereocenters. The third-order valence-electron chi connectivity index (χ3n) is 0. The molecule has 0 aliphatic rings. The second kappa shape index (κ2) is 18.1. The maximum atomic E-state index is 0. The second-order valence-corrected chi connectivity index (χ2v) is 0. The van der Waals surface area contributed by atoms with E-state index in [1.807, 2.05) is 0 Å². The summed E-state index contributed by atoms with van der Waals surface area (Å²) < 4.78 is 0. The van der Waals surface area contributed by atoms with Gasteiger partial charge in [0.25, 0.3) is 0 Å². The van der Waals surface area contributed by atoms with E-state index in [1.165, 1.54) is 0 Å². The molecule has 28 valence electrons. The minimum absolute atomic E-state index is 0.